The molecule has 3 rings (SSSR count). The number of aromatic nitrogens is 1. The summed E-state index contributed by atoms with van der Waals surface area (Å²) in [6.45, 7) is 0. The molecule has 1 aromatic heterocycles. The lowest BCUT2D eigenvalue weighted by atomic mass is 9.84. The molecule has 2 aromatic rings. The van der Waals surface area contributed by atoms with Gasteiger partial charge in [-0.25, -0.2) is 0 Å². The first-order chi connectivity index (χ1) is 9.27. The fraction of sp³-hybridized carbons (Fsp3) is 0.400. The van der Waals surface area contributed by atoms with Gasteiger partial charge in [-0.15, -0.1) is 0 Å². The number of nitrogens with zero attached hydrogens (tertiary/aromatic N) is 1. The summed E-state index contributed by atoms with van der Waals surface area (Å²) in [5.41, 5.74) is 8.74. The summed E-state index contributed by atoms with van der Waals surface area (Å²) in [6.07, 6.45) is 6.12. The molecule has 1 aliphatic rings. The van der Waals surface area contributed by atoms with E-state index in [0.29, 0.717) is 16.8 Å². The Kier molecular flexibility index (Phi) is 3.47. The molecule has 1 aliphatic carbocycles. The Morgan fingerprint density at radius 1 is 1.16 bits per heavy atom. The molecular formula is C15H17ClN2O. The van der Waals surface area contributed by atoms with E-state index in [1.807, 2.05) is 24.3 Å². The van der Waals surface area contributed by atoms with E-state index in [0.717, 1.165) is 29.7 Å². The van der Waals surface area contributed by atoms with Crippen LogP contribution in [0.2, 0.25) is 5.02 Å². The highest BCUT2D eigenvalue weighted by Gasteiger charge is 2.26. The van der Waals surface area contributed by atoms with Crippen molar-refractivity contribution in [1.82, 2.24) is 5.16 Å². The molecule has 0 saturated heterocycles. The zero-order valence-electron chi connectivity index (χ0n) is 10.7. The Hall–Kier alpha value is -1.48. The number of nitrogen functional groups attached to an aromatic ring is 1. The minimum Gasteiger partial charge on any atom is -0.367 e. The van der Waals surface area contributed by atoms with Gasteiger partial charge in [0.05, 0.1) is 11.3 Å². The maximum Gasteiger partial charge on any atom is 0.230 e. The molecule has 100 valence electrons. The first-order valence-electron chi connectivity index (χ1n) is 6.77. The Morgan fingerprint density at radius 3 is 2.63 bits per heavy atom. The average molecular weight is 277 g/mol. The summed E-state index contributed by atoms with van der Waals surface area (Å²) in [7, 11) is 0. The molecule has 2 N–H and O–H groups in total. The number of hydrogen-bond acceptors (Lipinski definition) is 3. The molecule has 0 atom stereocenters. The molecule has 19 heavy (non-hydrogen) atoms. The molecule has 0 unspecified atom stereocenters. The third kappa shape index (κ3) is 2.35. The van der Waals surface area contributed by atoms with Crippen LogP contribution in [0.5, 0.6) is 0 Å². The van der Waals surface area contributed by atoms with Gasteiger partial charge in [0.25, 0.3) is 0 Å². The lowest BCUT2D eigenvalue weighted by Crippen LogP contribution is -2.06. The van der Waals surface area contributed by atoms with Crippen LogP contribution in [0.3, 0.4) is 0 Å². The maximum absolute atomic E-state index is 6.27. The highest BCUT2D eigenvalue weighted by molar-refractivity contribution is 6.33. The van der Waals surface area contributed by atoms with Gasteiger partial charge in [-0.1, -0.05) is 54.2 Å². The van der Waals surface area contributed by atoms with Gasteiger partial charge >= 0.3 is 0 Å². The average Bonchev–Trinajstić information content (AvgIpc) is 2.82. The molecule has 1 fully saturated rings. The molecule has 0 amide bonds. The lowest BCUT2D eigenvalue weighted by Gasteiger charge is -2.20. The summed E-state index contributed by atoms with van der Waals surface area (Å²) < 4.78 is 5.23. The lowest BCUT2D eigenvalue weighted by molar-refractivity contribution is 0.388. The largest absolute Gasteiger partial charge is 0.367 e. The summed E-state index contributed by atoms with van der Waals surface area (Å²) in [4.78, 5) is 0. The van der Waals surface area contributed by atoms with Gasteiger partial charge in [0.15, 0.2) is 0 Å². The van der Waals surface area contributed by atoms with Crippen molar-refractivity contribution in [2.45, 2.75) is 38.0 Å². The van der Waals surface area contributed by atoms with E-state index in [1.54, 1.807) is 0 Å². The smallest absolute Gasteiger partial charge is 0.230 e. The molecule has 0 spiro atoms. The Balaban J connectivity index is 2.06. The van der Waals surface area contributed by atoms with Gasteiger partial charge in [-0.3, -0.25) is 0 Å². The number of rotatable bonds is 2. The van der Waals surface area contributed by atoms with Crippen molar-refractivity contribution in [2.24, 2.45) is 0 Å². The molecule has 0 bridgehead atoms. The van der Waals surface area contributed by atoms with E-state index >= 15 is 0 Å². The number of benzene rings is 1. The SMILES string of the molecule is Nc1onc(C2CCCCC2)c1-c1ccccc1Cl. The van der Waals surface area contributed by atoms with Gasteiger partial charge in [-0.05, 0) is 18.9 Å². The fourth-order valence-corrected chi connectivity index (χ4v) is 3.14. The molecule has 1 saturated carbocycles. The van der Waals surface area contributed by atoms with Crippen molar-refractivity contribution in [3.63, 3.8) is 0 Å². The van der Waals surface area contributed by atoms with E-state index in [4.69, 9.17) is 21.9 Å². The minimum absolute atomic E-state index is 0.369. The third-order valence-electron chi connectivity index (χ3n) is 3.88. The van der Waals surface area contributed by atoms with Crippen LogP contribution in [-0.2, 0) is 0 Å². The van der Waals surface area contributed by atoms with Crippen LogP contribution in [0.25, 0.3) is 11.1 Å². The van der Waals surface area contributed by atoms with Crippen LogP contribution in [0, 0.1) is 0 Å². The Bertz CT molecular complexity index is 573. The maximum atomic E-state index is 6.27. The first kappa shape index (κ1) is 12.5. The Morgan fingerprint density at radius 2 is 1.89 bits per heavy atom. The van der Waals surface area contributed by atoms with Crippen LogP contribution in [0.15, 0.2) is 28.8 Å². The monoisotopic (exact) mass is 276 g/mol. The Labute approximate surface area is 117 Å². The van der Waals surface area contributed by atoms with Crippen LogP contribution in [0.1, 0.15) is 43.7 Å². The van der Waals surface area contributed by atoms with Crippen molar-refractivity contribution < 1.29 is 4.52 Å². The van der Waals surface area contributed by atoms with Crippen molar-refractivity contribution >= 4 is 17.5 Å². The zero-order chi connectivity index (χ0) is 13.2. The van der Waals surface area contributed by atoms with Gasteiger partial charge in [0.1, 0.15) is 0 Å². The minimum atomic E-state index is 0.369. The van der Waals surface area contributed by atoms with E-state index in [2.05, 4.69) is 5.16 Å². The predicted octanol–water partition coefficient (Wildman–Crippen LogP) is 4.62. The molecule has 1 heterocycles. The number of nitrogens with two attached hydrogens (primary N) is 1. The molecular weight excluding hydrogens is 260 g/mol. The molecule has 0 aliphatic heterocycles. The van der Waals surface area contributed by atoms with Gasteiger partial charge < -0.3 is 10.3 Å². The van der Waals surface area contributed by atoms with Crippen LogP contribution in [0.4, 0.5) is 5.88 Å². The molecule has 1 aromatic carbocycles. The van der Waals surface area contributed by atoms with Crippen LogP contribution >= 0.6 is 11.6 Å². The summed E-state index contributed by atoms with van der Waals surface area (Å²) >= 11 is 6.27. The molecule has 4 heteroatoms. The van der Waals surface area contributed by atoms with Gasteiger partial charge in [0, 0.05) is 16.5 Å². The third-order valence-corrected chi connectivity index (χ3v) is 4.21. The standard InChI is InChI=1S/C15H17ClN2O/c16-12-9-5-4-8-11(12)13-14(18-19-15(13)17)10-6-2-1-3-7-10/h4-5,8-10H,1-3,6-7,17H2. The summed E-state index contributed by atoms with van der Waals surface area (Å²) in [5.74, 6) is 0.815. The molecule has 0 radical (unpaired) electrons. The van der Waals surface area contributed by atoms with Crippen LogP contribution in [-0.4, -0.2) is 5.16 Å². The van der Waals surface area contributed by atoms with Crippen molar-refractivity contribution in [3.05, 3.63) is 35.0 Å². The first-order valence-corrected chi connectivity index (χ1v) is 7.15. The predicted molar refractivity (Wildman–Crippen MR) is 77.2 cm³/mol. The topological polar surface area (TPSA) is 52.0 Å². The van der Waals surface area contributed by atoms with E-state index in [-0.39, 0.29) is 0 Å². The van der Waals surface area contributed by atoms with Crippen molar-refractivity contribution in [3.8, 4) is 11.1 Å². The second-order valence-electron chi connectivity index (χ2n) is 5.12. The fourth-order valence-electron chi connectivity index (χ4n) is 2.91. The number of halogens is 1. The second kappa shape index (κ2) is 5.25. The number of anilines is 1. The van der Waals surface area contributed by atoms with E-state index in [1.165, 1.54) is 19.3 Å². The highest BCUT2D eigenvalue weighted by Crippen LogP contribution is 2.42. The normalized spacial score (nSPS) is 16.7. The van der Waals surface area contributed by atoms with Gasteiger partial charge in [0.2, 0.25) is 5.88 Å². The summed E-state index contributed by atoms with van der Waals surface area (Å²) in [5, 5.41) is 4.89. The quantitative estimate of drug-likeness (QED) is 0.870. The zero-order valence-corrected chi connectivity index (χ0v) is 11.5. The van der Waals surface area contributed by atoms with E-state index in [9.17, 15) is 0 Å². The van der Waals surface area contributed by atoms with Gasteiger partial charge in [-0.2, -0.15) is 0 Å². The highest BCUT2D eigenvalue weighted by atomic mass is 35.5. The van der Waals surface area contributed by atoms with Crippen LogP contribution < -0.4 is 5.73 Å². The second-order valence-corrected chi connectivity index (χ2v) is 5.53. The van der Waals surface area contributed by atoms with E-state index < -0.39 is 0 Å². The van der Waals surface area contributed by atoms with Crippen molar-refractivity contribution in [1.29, 1.82) is 0 Å². The summed E-state index contributed by atoms with van der Waals surface area (Å²) in [6, 6.07) is 7.71. The number of hydrogen-bond donors (Lipinski definition) is 1. The van der Waals surface area contributed by atoms with Crippen molar-refractivity contribution in [2.75, 3.05) is 5.73 Å². The molecule has 3 nitrogen and oxygen atoms in total.